The lowest BCUT2D eigenvalue weighted by atomic mass is 10.1. The van der Waals surface area contributed by atoms with Crippen LogP contribution >= 0.6 is 0 Å². The molecule has 0 spiro atoms. The molecule has 1 aliphatic heterocycles. The molecule has 1 saturated carbocycles. The molecule has 0 unspecified atom stereocenters. The minimum atomic E-state index is 0.682. The van der Waals surface area contributed by atoms with Crippen molar-refractivity contribution in [3.63, 3.8) is 0 Å². The number of likely N-dealkylation sites (tertiary alicyclic amines) is 1. The molecule has 2 heterocycles. The molecular formula is C13H22N4. The van der Waals surface area contributed by atoms with E-state index >= 15 is 0 Å². The number of imidazole rings is 1. The number of piperidine rings is 1. The molecular weight excluding hydrogens is 212 g/mol. The van der Waals surface area contributed by atoms with Crippen LogP contribution in [0.4, 0.5) is 0 Å². The lowest BCUT2D eigenvalue weighted by molar-refractivity contribution is 0.188. The van der Waals surface area contributed by atoms with Crippen molar-refractivity contribution in [1.29, 1.82) is 0 Å². The van der Waals surface area contributed by atoms with Gasteiger partial charge >= 0.3 is 0 Å². The lowest BCUT2D eigenvalue weighted by Crippen LogP contribution is -2.43. The van der Waals surface area contributed by atoms with Gasteiger partial charge in [0.2, 0.25) is 0 Å². The molecule has 3 rings (SSSR count). The first kappa shape index (κ1) is 11.2. The SMILES string of the molecule is Cn1ccnc1CNC1CCN(C2CC2)CC1. The smallest absolute Gasteiger partial charge is 0.122 e. The van der Waals surface area contributed by atoms with Crippen LogP contribution in [0.15, 0.2) is 12.4 Å². The Morgan fingerprint density at radius 3 is 2.65 bits per heavy atom. The molecule has 1 aromatic heterocycles. The zero-order chi connectivity index (χ0) is 11.7. The number of nitrogens with one attached hydrogen (secondary N) is 1. The van der Waals surface area contributed by atoms with E-state index in [0.717, 1.165) is 18.4 Å². The van der Waals surface area contributed by atoms with Crippen LogP contribution in [0.25, 0.3) is 0 Å². The Morgan fingerprint density at radius 2 is 2.06 bits per heavy atom. The Bertz CT molecular complexity index is 361. The average molecular weight is 234 g/mol. The average Bonchev–Trinajstić information content (AvgIpc) is 3.12. The Morgan fingerprint density at radius 1 is 1.29 bits per heavy atom. The highest BCUT2D eigenvalue weighted by Gasteiger charge is 2.31. The van der Waals surface area contributed by atoms with Gasteiger partial charge in [-0.15, -0.1) is 0 Å². The summed E-state index contributed by atoms with van der Waals surface area (Å²) in [6, 6.07) is 1.62. The normalized spacial score (nSPS) is 23.1. The van der Waals surface area contributed by atoms with Crippen LogP contribution in [0.1, 0.15) is 31.5 Å². The maximum absolute atomic E-state index is 4.34. The Hall–Kier alpha value is -0.870. The Kier molecular flexibility index (Phi) is 3.16. The molecule has 0 atom stereocenters. The molecule has 1 aromatic rings. The summed E-state index contributed by atoms with van der Waals surface area (Å²) in [6.07, 6.45) is 9.33. The van der Waals surface area contributed by atoms with E-state index in [9.17, 15) is 0 Å². The fourth-order valence-corrected chi connectivity index (χ4v) is 2.71. The van der Waals surface area contributed by atoms with Crippen molar-refractivity contribution in [3.05, 3.63) is 18.2 Å². The number of aryl methyl sites for hydroxylation is 1. The number of nitrogens with zero attached hydrogens (tertiary/aromatic N) is 3. The van der Waals surface area contributed by atoms with Gasteiger partial charge < -0.3 is 14.8 Å². The highest BCUT2D eigenvalue weighted by atomic mass is 15.2. The third-order valence-electron chi connectivity index (χ3n) is 4.06. The maximum Gasteiger partial charge on any atom is 0.122 e. The molecule has 17 heavy (non-hydrogen) atoms. The molecule has 1 N–H and O–H groups in total. The largest absolute Gasteiger partial charge is 0.337 e. The highest BCUT2D eigenvalue weighted by molar-refractivity contribution is 4.93. The van der Waals surface area contributed by atoms with E-state index in [1.165, 1.54) is 38.8 Å². The highest BCUT2D eigenvalue weighted by Crippen LogP contribution is 2.29. The molecule has 4 nitrogen and oxygen atoms in total. The van der Waals surface area contributed by atoms with Crippen molar-refractivity contribution in [2.24, 2.45) is 7.05 Å². The number of hydrogen-bond donors (Lipinski definition) is 1. The number of hydrogen-bond acceptors (Lipinski definition) is 3. The number of aromatic nitrogens is 2. The summed E-state index contributed by atoms with van der Waals surface area (Å²) in [5.74, 6) is 1.13. The van der Waals surface area contributed by atoms with Crippen molar-refractivity contribution in [1.82, 2.24) is 19.8 Å². The molecule has 1 saturated heterocycles. The molecule has 94 valence electrons. The monoisotopic (exact) mass is 234 g/mol. The van der Waals surface area contributed by atoms with Crippen LogP contribution in [-0.4, -0.2) is 39.6 Å². The van der Waals surface area contributed by atoms with Crippen molar-refractivity contribution in [3.8, 4) is 0 Å². The summed E-state index contributed by atoms with van der Waals surface area (Å²) < 4.78 is 2.09. The van der Waals surface area contributed by atoms with E-state index in [-0.39, 0.29) is 0 Å². The first-order chi connectivity index (χ1) is 8.33. The van der Waals surface area contributed by atoms with Gasteiger partial charge in [-0.25, -0.2) is 4.98 Å². The van der Waals surface area contributed by atoms with Crippen molar-refractivity contribution in [2.75, 3.05) is 13.1 Å². The second-order valence-corrected chi connectivity index (χ2v) is 5.38. The summed E-state index contributed by atoms with van der Waals surface area (Å²) in [6.45, 7) is 3.46. The summed E-state index contributed by atoms with van der Waals surface area (Å²) in [7, 11) is 2.06. The molecule has 1 aliphatic carbocycles. The predicted molar refractivity (Wildman–Crippen MR) is 67.7 cm³/mol. The summed E-state index contributed by atoms with van der Waals surface area (Å²) in [5.41, 5.74) is 0. The standard InChI is InChI=1S/C13H22N4/c1-16-9-6-14-13(16)10-15-11-4-7-17(8-5-11)12-2-3-12/h6,9,11-12,15H,2-5,7-8,10H2,1H3. The van der Waals surface area contributed by atoms with Gasteiger partial charge in [0.1, 0.15) is 5.82 Å². The van der Waals surface area contributed by atoms with Crippen LogP contribution < -0.4 is 5.32 Å². The van der Waals surface area contributed by atoms with Crippen LogP contribution in [-0.2, 0) is 13.6 Å². The minimum Gasteiger partial charge on any atom is -0.337 e. The molecule has 0 aromatic carbocycles. The lowest BCUT2D eigenvalue weighted by Gasteiger charge is -2.32. The molecule has 0 bridgehead atoms. The van der Waals surface area contributed by atoms with Crippen molar-refractivity contribution in [2.45, 2.75) is 44.3 Å². The van der Waals surface area contributed by atoms with Gasteiger partial charge in [-0.3, -0.25) is 0 Å². The van der Waals surface area contributed by atoms with E-state index < -0.39 is 0 Å². The van der Waals surface area contributed by atoms with E-state index in [1.807, 2.05) is 12.4 Å². The van der Waals surface area contributed by atoms with Gasteiger partial charge in [-0.05, 0) is 38.8 Å². The zero-order valence-corrected chi connectivity index (χ0v) is 10.6. The van der Waals surface area contributed by atoms with E-state index in [1.54, 1.807) is 0 Å². The van der Waals surface area contributed by atoms with Crippen LogP contribution in [0.5, 0.6) is 0 Å². The maximum atomic E-state index is 4.34. The van der Waals surface area contributed by atoms with Gasteiger partial charge in [0.25, 0.3) is 0 Å². The van der Waals surface area contributed by atoms with E-state index in [0.29, 0.717) is 6.04 Å². The third-order valence-corrected chi connectivity index (χ3v) is 4.06. The third kappa shape index (κ3) is 2.69. The molecule has 4 heteroatoms. The van der Waals surface area contributed by atoms with Gasteiger partial charge in [-0.1, -0.05) is 0 Å². The zero-order valence-electron chi connectivity index (χ0n) is 10.6. The van der Waals surface area contributed by atoms with E-state index in [2.05, 4.69) is 26.8 Å². The van der Waals surface area contributed by atoms with Crippen LogP contribution in [0, 0.1) is 0 Å². The van der Waals surface area contributed by atoms with Gasteiger partial charge in [-0.2, -0.15) is 0 Å². The first-order valence-electron chi connectivity index (χ1n) is 6.76. The van der Waals surface area contributed by atoms with Crippen LogP contribution in [0.3, 0.4) is 0 Å². The Balaban J connectivity index is 1.43. The quantitative estimate of drug-likeness (QED) is 0.848. The predicted octanol–water partition coefficient (Wildman–Crippen LogP) is 1.14. The summed E-state index contributed by atoms with van der Waals surface area (Å²) in [4.78, 5) is 7.01. The molecule has 0 radical (unpaired) electrons. The molecule has 0 amide bonds. The second kappa shape index (κ2) is 4.78. The fourth-order valence-electron chi connectivity index (χ4n) is 2.71. The number of rotatable bonds is 4. The van der Waals surface area contributed by atoms with Crippen LogP contribution in [0.2, 0.25) is 0 Å². The summed E-state index contributed by atoms with van der Waals surface area (Å²) in [5, 5.41) is 3.63. The molecule has 2 fully saturated rings. The summed E-state index contributed by atoms with van der Waals surface area (Å²) >= 11 is 0. The fraction of sp³-hybridized carbons (Fsp3) is 0.769. The van der Waals surface area contributed by atoms with Gasteiger partial charge in [0.15, 0.2) is 0 Å². The first-order valence-corrected chi connectivity index (χ1v) is 6.76. The minimum absolute atomic E-state index is 0.682. The van der Waals surface area contributed by atoms with Gasteiger partial charge in [0, 0.05) is 31.5 Å². The second-order valence-electron chi connectivity index (χ2n) is 5.38. The topological polar surface area (TPSA) is 33.1 Å². The Labute approximate surface area is 103 Å². The van der Waals surface area contributed by atoms with Crippen molar-refractivity contribution < 1.29 is 0 Å². The van der Waals surface area contributed by atoms with Crippen molar-refractivity contribution >= 4 is 0 Å². The van der Waals surface area contributed by atoms with Gasteiger partial charge in [0.05, 0.1) is 6.54 Å². The molecule has 2 aliphatic rings. The van der Waals surface area contributed by atoms with E-state index in [4.69, 9.17) is 0 Å².